The molecule has 0 aliphatic rings. The van der Waals surface area contributed by atoms with E-state index in [0.29, 0.717) is 23.3 Å². The van der Waals surface area contributed by atoms with Crippen molar-refractivity contribution < 1.29 is 13.2 Å². The first kappa shape index (κ1) is 17.4. The molecule has 0 saturated heterocycles. The summed E-state index contributed by atoms with van der Waals surface area (Å²) in [6.45, 7) is 4.93. The van der Waals surface area contributed by atoms with Gasteiger partial charge in [-0.15, -0.1) is 0 Å². The molecule has 0 radical (unpaired) electrons. The second kappa shape index (κ2) is 6.89. The number of nitrogens with two attached hydrogens (primary N) is 1. The topological polar surface area (TPSA) is 81.4 Å². The molecule has 0 aromatic heterocycles. The molecule has 0 aliphatic heterocycles. The van der Waals surface area contributed by atoms with E-state index in [2.05, 4.69) is 20.7 Å². The SMILES string of the molecule is COCCC(C)(C)CNS(=O)(=O)c1ccc(N)c(Br)c1. The largest absolute Gasteiger partial charge is 0.398 e. The van der Waals surface area contributed by atoms with Crippen LogP contribution in [0.3, 0.4) is 0 Å². The molecule has 3 N–H and O–H groups in total. The molecule has 0 amide bonds. The molecule has 1 aromatic carbocycles. The van der Waals surface area contributed by atoms with Crippen LogP contribution in [0.25, 0.3) is 0 Å². The molecule has 7 heteroatoms. The zero-order valence-electron chi connectivity index (χ0n) is 11.9. The second-order valence-electron chi connectivity index (χ2n) is 5.41. The van der Waals surface area contributed by atoms with Crippen molar-refractivity contribution in [3.05, 3.63) is 22.7 Å². The maximum atomic E-state index is 12.2. The van der Waals surface area contributed by atoms with Crippen LogP contribution in [0.15, 0.2) is 27.6 Å². The summed E-state index contributed by atoms with van der Waals surface area (Å²) in [6.07, 6.45) is 0.775. The minimum atomic E-state index is -3.53. The van der Waals surface area contributed by atoms with E-state index < -0.39 is 10.0 Å². The van der Waals surface area contributed by atoms with E-state index in [1.165, 1.54) is 12.1 Å². The van der Waals surface area contributed by atoms with Gasteiger partial charge in [0, 0.05) is 30.4 Å². The number of benzene rings is 1. The molecule has 0 aliphatic carbocycles. The third-order valence-corrected chi connectivity index (χ3v) is 5.09. The van der Waals surface area contributed by atoms with Gasteiger partial charge in [0.1, 0.15) is 0 Å². The van der Waals surface area contributed by atoms with Gasteiger partial charge in [-0.05, 0) is 46.0 Å². The second-order valence-corrected chi connectivity index (χ2v) is 8.04. The Morgan fingerprint density at radius 3 is 2.60 bits per heavy atom. The van der Waals surface area contributed by atoms with Gasteiger partial charge in [0.05, 0.1) is 4.90 Å². The van der Waals surface area contributed by atoms with Crippen LogP contribution in [-0.4, -0.2) is 28.7 Å². The number of nitrogen functional groups attached to an aromatic ring is 1. The van der Waals surface area contributed by atoms with Crippen molar-refractivity contribution >= 4 is 31.6 Å². The Kier molecular flexibility index (Phi) is 6.00. The van der Waals surface area contributed by atoms with Crippen LogP contribution < -0.4 is 10.5 Å². The molecule has 5 nitrogen and oxygen atoms in total. The van der Waals surface area contributed by atoms with Crippen LogP contribution in [-0.2, 0) is 14.8 Å². The summed E-state index contributed by atoms with van der Waals surface area (Å²) < 4.78 is 32.6. The standard InChI is InChI=1S/C13H21BrN2O3S/c1-13(2,6-7-19-3)9-16-20(17,18)10-4-5-12(15)11(14)8-10/h4-5,8,16H,6-7,9,15H2,1-3H3. The van der Waals surface area contributed by atoms with E-state index in [0.717, 1.165) is 6.42 Å². The van der Waals surface area contributed by atoms with E-state index in [4.69, 9.17) is 10.5 Å². The zero-order valence-corrected chi connectivity index (χ0v) is 14.3. The van der Waals surface area contributed by atoms with Crippen molar-refractivity contribution in [1.82, 2.24) is 4.72 Å². The van der Waals surface area contributed by atoms with Gasteiger partial charge in [-0.2, -0.15) is 0 Å². The van der Waals surface area contributed by atoms with Gasteiger partial charge in [-0.25, -0.2) is 13.1 Å². The van der Waals surface area contributed by atoms with Crippen molar-refractivity contribution in [2.24, 2.45) is 5.41 Å². The number of ether oxygens (including phenoxy) is 1. The number of sulfonamides is 1. The lowest BCUT2D eigenvalue weighted by Gasteiger charge is -2.24. The predicted octanol–water partition coefficient (Wildman–Crippen LogP) is 2.37. The molecule has 0 bridgehead atoms. The highest BCUT2D eigenvalue weighted by molar-refractivity contribution is 9.10. The van der Waals surface area contributed by atoms with Crippen LogP contribution in [0.5, 0.6) is 0 Å². The maximum absolute atomic E-state index is 12.2. The highest BCUT2D eigenvalue weighted by Gasteiger charge is 2.22. The molecule has 1 aromatic rings. The van der Waals surface area contributed by atoms with Crippen LogP contribution in [0, 0.1) is 5.41 Å². The lowest BCUT2D eigenvalue weighted by molar-refractivity contribution is 0.153. The fraction of sp³-hybridized carbons (Fsp3) is 0.538. The summed E-state index contributed by atoms with van der Waals surface area (Å²) in [4.78, 5) is 0.195. The first-order valence-corrected chi connectivity index (χ1v) is 8.49. The summed E-state index contributed by atoms with van der Waals surface area (Å²) in [5.41, 5.74) is 5.99. The van der Waals surface area contributed by atoms with Crippen molar-refractivity contribution in [3.8, 4) is 0 Å². The highest BCUT2D eigenvalue weighted by atomic mass is 79.9. The lowest BCUT2D eigenvalue weighted by Crippen LogP contribution is -2.34. The number of halogens is 1. The van der Waals surface area contributed by atoms with Crippen molar-refractivity contribution in [2.75, 3.05) is 26.0 Å². The Morgan fingerprint density at radius 1 is 1.40 bits per heavy atom. The van der Waals surface area contributed by atoms with Crippen molar-refractivity contribution in [3.63, 3.8) is 0 Å². The average molecular weight is 365 g/mol. The Balaban J connectivity index is 2.77. The predicted molar refractivity (Wildman–Crippen MR) is 84.0 cm³/mol. The van der Waals surface area contributed by atoms with Gasteiger partial charge in [0.15, 0.2) is 0 Å². The molecular weight excluding hydrogens is 344 g/mol. The van der Waals surface area contributed by atoms with Crippen LogP contribution in [0.4, 0.5) is 5.69 Å². The molecule has 20 heavy (non-hydrogen) atoms. The Morgan fingerprint density at radius 2 is 2.05 bits per heavy atom. The molecular formula is C13H21BrN2O3S. The Labute approximate surface area is 129 Å². The zero-order chi connectivity index (χ0) is 15.4. The average Bonchev–Trinajstić information content (AvgIpc) is 2.37. The van der Waals surface area contributed by atoms with Crippen molar-refractivity contribution in [2.45, 2.75) is 25.2 Å². The van der Waals surface area contributed by atoms with Gasteiger partial charge in [0.25, 0.3) is 0 Å². The van der Waals surface area contributed by atoms with E-state index in [1.54, 1.807) is 13.2 Å². The monoisotopic (exact) mass is 364 g/mol. The third-order valence-electron chi connectivity index (χ3n) is 3.01. The highest BCUT2D eigenvalue weighted by Crippen LogP contribution is 2.24. The fourth-order valence-electron chi connectivity index (χ4n) is 1.52. The molecule has 0 fully saturated rings. The number of hydrogen-bond acceptors (Lipinski definition) is 4. The lowest BCUT2D eigenvalue weighted by atomic mass is 9.90. The number of methoxy groups -OCH3 is 1. The molecule has 0 spiro atoms. The smallest absolute Gasteiger partial charge is 0.240 e. The van der Waals surface area contributed by atoms with E-state index in [1.807, 2.05) is 13.8 Å². The minimum Gasteiger partial charge on any atom is -0.398 e. The van der Waals surface area contributed by atoms with Crippen LogP contribution in [0.1, 0.15) is 20.3 Å². The molecule has 1 rings (SSSR count). The van der Waals surface area contributed by atoms with Gasteiger partial charge in [0.2, 0.25) is 10.0 Å². The van der Waals surface area contributed by atoms with Gasteiger partial charge < -0.3 is 10.5 Å². The minimum absolute atomic E-state index is 0.172. The maximum Gasteiger partial charge on any atom is 0.240 e. The fourth-order valence-corrected chi connectivity index (χ4v) is 3.31. The van der Waals surface area contributed by atoms with Gasteiger partial charge >= 0.3 is 0 Å². The third kappa shape index (κ3) is 5.05. The number of rotatable bonds is 7. The van der Waals surface area contributed by atoms with Gasteiger partial charge in [-0.3, -0.25) is 0 Å². The first-order valence-electron chi connectivity index (χ1n) is 6.21. The summed E-state index contributed by atoms with van der Waals surface area (Å²) in [6, 6.07) is 4.55. The van der Waals surface area contributed by atoms with E-state index >= 15 is 0 Å². The Hall–Kier alpha value is -0.630. The quantitative estimate of drug-likeness (QED) is 0.727. The number of anilines is 1. The van der Waals surface area contributed by atoms with E-state index in [-0.39, 0.29) is 10.3 Å². The molecule has 0 saturated carbocycles. The van der Waals surface area contributed by atoms with Gasteiger partial charge in [-0.1, -0.05) is 13.8 Å². The first-order chi connectivity index (χ1) is 9.18. The normalized spacial score (nSPS) is 12.6. The summed E-state index contributed by atoms with van der Waals surface area (Å²) >= 11 is 3.23. The summed E-state index contributed by atoms with van der Waals surface area (Å²) in [5, 5.41) is 0. The summed E-state index contributed by atoms with van der Waals surface area (Å²) in [5.74, 6) is 0. The Bertz CT molecular complexity index is 559. The molecule has 0 unspecified atom stereocenters. The molecule has 0 atom stereocenters. The molecule has 0 heterocycles. The van der Waals surface area contributed by atoms with E-state index in [9.17, 15) is 8.42 Å². The van der Waals surface area contributed by atoms with Crippen LogP contribution in [0.2, 0.25) is 0 Å². The van der Waals surface area contributed by atoms with Crippen LogP contribution >= 0.6 is 15.9 Å². The summed E-state index contributed by atoms with van der Waals surface area (Å²) in [7, 11) is -1.90. The number of nitrogens with one attached hydrogen (secondary N) is 1. The molecule has 114 valence electrons. The van der Waals surface area contributed by atoms with Crippen molar-refractivity contribution in [1.29, 1.82) is 0 Å². The number of hydrogen-bond donors (Lipinski definition) is 2.